The molecule has 18 heavy (non-hydrogen) atoms. The predicted octanol–water partition coefficient (Wildman–Crippen LogP) is 1.87. The van der Waals surface area contributed by atoms with Gasteiger partial charge in [0.2, 0.25) is 0 Å². The molecule has 0 spiro atoms. The quantitative estimate of drug-likeness (QED) is 0.604. The minimum Gasteiger partial charge on any atom is -0.386 e. The number of nitro benzene ring substituents is 1. The molecule has 1 aromatic rings. The van der Waals surface area contributed by atoms with Gasteiger partial charge in [0.15, 0.2) is 0 Å². The second kappa shape index (κ2) is 6.36. The topological polar surface area (TPSA) is 75.4 Å². The van der Waals surface area contributed by atoms with Gasteiger partial charge in [-0.2, -0.15) is 0 Å². The van der Waals surface area contributed by atoms with Crippen LogP contribution in [0.25, 0.3) is 0 Å². The SMILES string of the molecule is CC(NCC(O)C(F)F)c1cccc([N+](=O)[O-])c1. The molecule has 1 rings (SSSR count). The van der Waals surface area contributed by atoms with Crippen molar-refractivity contribution >= 4 is 5.69 Å². The van der Waals surface area contributed by atoms with Crippen LogP contribution in [0.4, 0.5) is 14.5 Å². The van der Waals surface area contributed by atoms with E-state index in [9.17, 15) is 18.9 Å². The van der Waals surface area contributed by atoms with E-state index in [4.69, 9.17) is 5.11 Å². The molecule has 1 aromatic carbocycles. The van der Waals surface area contributed by atoms with Crippen LogP contribution in [0.2, 0.25) is 0 Å². The van der Waals surface area contributed by atoms with E-state index in [-0.39, 0.29) is 18.3 Å². The third kappa shape index (κ3) is 4.01. The molecule has 0 radical (unpaired) electrons. The van der Waals surface area contributed by atoms with E-state index < -0.39 is 17.5 Å². The Morgan fingerprint density at radius 3 is 2.72 bits per heavy atom. The van der Waals surface area contributed by atoms with Crippen LogP contribution in [-0.2, 0) is 0 Å². The van der Waals surface area contributed by atoms with E-state index >= 15 is 0 Å². The Hall–Kier alpha value is -1.60. The van der Waals surface area contributed by atoms with Crippen molar-refractivity contribution in [3.63, 3.8) is 0 Å². The van der Waals surface area contributed by atoms with Gasteiger partial charge >= 0.3 is 0 Å². The summed E-state index contributed by atoms with van der Waals surface area (Å²) in [7, 11) is 0. The highest BCUT2D eigenvalue weighted by Crippen LogP contribution is 2.18. The Bertz CT molecular complexity index is 415. The molecular formula is C11H14F2N2O3. The van der Waals surface area contributed by atoms with Crippen molar-refractivity contribution < 1.29 is 18.8 Å². The molecule has 7 heteroatoms. The van der Waals surface area contributed by atoms with Crippen LogP contribution >= 0.6 is 0 Å². The van der Waals surface area contributed by atoms with Gasteiger partial charge in [-0.25, -0.2) is 8.78 Å². The number of nitrogens with one attached hydrogen (secondary N) is 1. The molecule has 0 aliphatic carbocycles. The van der Waals surface area contributed by atoms with Gasteiger partial charge in [0, 0.05) is 24.7 Å². The number of alkyl halides is 2. The third-order valence-corrected chi connectivity index (χ3v) is 2.51. The molecule has 0 aromatic heterocycles. The summed E-state index contributed by atoms with van der Waals surface area (Å²) in [5.41, 5.74) is 0.543. The lowest BCUT2D eigenvalue weighted by Gasteiger charge is -2.16. The minimum absolute atomic E-state index is 0.0597. The molecule has 5 nitrogen and oxygen atoms in total. The zero-order valence-electron chi connectivity index (χ0n) is 9.72. The summed E-state index contributed by atoms with van der Waals surface area (Å²) < 4.78 is 24.1. The molecule has 0 aliphatic heterocycles. The Morgan fingerprint density at radius 2 is 2.17 bits per heavy atom. The zero-order valence-corrected chi connectivity index (χ0v) is 9.72. The Balaban J connectivity index is 2.64. The first-order chi connectivity index (χ1) is 8.41. The second-order valence-corrected chi connectivity index (χ2v) is 3.88. The average Bonchev–Trinajstić information content (AvgIpc) is 2.35. The van der Waals surface area contributed by atoms with Gasteiger partial charge in [0.25, 0.3) is 12.1 Å². The van der Waals surface area contributed by atoms with E-state index in [1.165, 1.54) is 18.2 Å². The van der Waals surface area contributed by atoms with Crippen LogP contribution in [0.3, 0.4) is 0 Å². The van der Waals surface area contributed by atoms with Crippen LogP contribution in [-0.4, -0.2) is 29.1 Å². The first kappa shape index (κ1) is 14.5. The highest BCUT2D eigenvalue weighted by Gasteiger charge is 2.18. The van der Waals surface area contributed by atoms with Crippen LogP contribution in [0, 0.1) is 10.1 Å². The van der Waals surface area contributed by atoms with Gasteiger partial charge in [0.1, 0.15) is 6.10 Å². The van der Waals surface area contributed by atoms with E-state index in [0.717, 1.165) is 0 Å². The minimum atomic E-state index is -2.81. The lowest BCUT2D eigenvalue weighted by Crippen LogP contribution is -2.33. The maximum atomic E-state index is 12.1. The van der Waals surface area contributed by atoms with Crippen LogP contribution in [0.5, 0.6) is 0 Å². The highest BCUT2D eigenvalue weighted by molar-refractivity contribution is 5.35. The number of nitrogens with zero attached hydrogens (tertiary/aromatic N) is 1. The number of hydrogen-bond donors (Lipinski definition) is 2. The molecule has 100 valence electrons. The summed E-state index contributed by atoms with van der Waals surface area (Å²) in [6.07, 6.45) is -4.55. The lowest BCUT2D eigenvalue weighted by molar-refractivity contribution is -0.384. The number of aliphatic hydroxyl groups is 1. The summed E-state index contributed by atoms with van der Waals surface area (Å²) >= 11 is 0. The Morgan fingerprint density at radius 1 is 1.50 bits per heavy atom. The Kier molecular flexibility index (Phi) is 5.11. The molecule has 0 bridgehead atoms. The molecule has 0 saturated heterocycles. The highest BCUT2D eigenvalue weighted by atomic mass is 19.3. The molecular weight excluding hydrogens is 246 g/mol. The smallest absolute Gasteiger partial charge is 0.269 e. The Labute approximate surface area is 103 Å². The van der Waals surface area contributed by atoms with Crippen molar-refractivity contribution in [3.05, 3.63) is 39.9 Å². The fourth-order valence-corrected chi connectivity index (χ4v) is 1.41. The van der Waals surface area contributed by atoms with Crippen LogP contribution in [0.1, 0.15) is 18.5 Å². The van der Waals surface area contributed by atoms with Crippen LogP contribution in [0.15, 0.2) is 24.3 Å². The summed E-state index contributed by atoms with van der Waals surface area (Å²) in [5, 5.41) is 22.2. The monoisotopic (exact) mass is 260 g/mol. The number of aliphatic hydroxyl groups excluding tert-OH is 1. The maximum absolute atomic E-state index is 12.1. The zero-order chi connectivity index (χ0) is 13.7. The van der Waals surface area contributed by atoms with Gasteiger partial charge < -0.3 is 10.4 Å². The normalized spacial score (nSPS) is 14.5. The van der Waals surface area contributed by atoms with Crippen molar-refractivity contribution in [1.29, 1.82) is 0 Å². The standard InChI is InChI=1S/C11H14F2N2O3/c1-7(14-6-10(16)11(12)13)8-3-2-4-9(5-8)15(17)18/h2-5,7,10-11,14,16H,6H2,1H3. The number of hydrogen-bond acceptors (Lipinski definition) is 4. The van der Waals surface area contributed by atoms with Crippen molar-refractivity contribution in [3.8, 4) is 0 Å². The molecule has 2 atom stereocenters. The third-order valence-electron chi connectivity index (χ3n) is 2.51. The van der Waals surface area contributed by atoms with Gasteiger partial charge in [-0.05, 0) is 12.5 Å². The van der Waals surface area contributed by atoms with Crippen molar-refractivity contribution in [2.75, 3.05) is 6.54 Å². The summed E-state index contributed by atoms with van der Waals surface area (Å²) in [6, 6.07) is 5.53. The molecule has 2 unspecified atom stereocenters. The maximum Gasteiger partial charge on any atom is 0.269 e. The van der Waals surface area contributed by atoms with E-state index in [0.29, 0.717) is 5.56 Å². The summed E-state index contributed by atoms with van der Waals surface area (Å²) in [4.78, 5) is 10.1. The number of nitro groups is 1. The largest absolute Gasteiger partial charge is 0.386 e. The van der Waals surface area contributed by atoms with E-state index in [1.807, 2.05) is 0 Å². The van der Waals surface area contributed by atoms with E-state index in [2.05, 4.69) is 5.32 Å². The van der Waals surface area contributed by atoms with Crippen molar-refractivity contribution in [1.82, 2.24) is 5.32 Å². The van der Waals surface area contributed by atoms with Gasteiger partial charge in [-0.1, -0.05) is 12.1 Å². The first-order valence-corrected chi connectivity index (χ1v) is 5.35. The second-order valence-electron chi connectivity index (χ2n) is 3.88. The molecule has 0 fully saturated rings. The van der Waals surface area contributed by atoms with Gasteiger partial charge in [-0.15, -0.1) is 0 Å². The van der Waals surface area contributed by atoms with Crippen LogP contribution < -0.4 is 5.32 Å². The summed E-state index contributed by atoms with van der Waals surface area (Å²) in [5.74, 6) is 0. The first-order valence-electron chi connectivity index (χ1n) is 5.35. The van der Waals surface area contributed by atoms with Gasteiger partial charge in [0.05, 0.1) is 4.92 Å². The van der Waals surface area contributed by atoms with Gasteiger partial charge in [-0.3, -0.25) is 10.1 Å². The van der Waals surface area contributed by atoms with Crippen molar-refractivity contribution in [2.45, 2.75) is 25.5 Å². The molecule has 2 N–H and O–H groups in total. The molecule has 0 saturated carbocycles. The van der Waals surface area contributed by atoms with E-state index in [1.54, 1.807) is 13.0 Å². The lowest BCUT2D eigenvalue weighted by atomic mass is 10.1. The number of rotatable bonds is 6. The number of non-ortho nitro benzene ring substituents is 1. The van der Waals surface area contributed by atoms with Crippen molar-refractivity contribution in [2.24, 2.45) is 0 Å². The molecule has 0 amide bonds. The fourth-order valence-electron chi connectivity index (χ4n) is 1.41. The molecule has 0 aliphatic rings. The summed E-state index contributed by atoms with van der Waals surface area (Å²) in [6.45, 7) is 1.40. The number of benzene rings is 1. The average molecular weight is 260 g/mol. The predicted molar refractivity (Wildman–Crippen MR) is 61.5 cm³/mol. The fraction of sp³-hybridized carbons (Fsp3) is 0.455. The number of halogens is 2. The molecule has 0 heterocycles.